The molecule has 0 aliphatic rings. The number of ether oxygens (including phenoxy) is 1. The summed E-state index contributed by atoms with van der Waals surface area (Å²) in [6.07, 6.45) is 1.87. The third-order valence-electron chi connectivity index (χ3n) is 2.77. The van der Waals surface area contributed by atoms with Crippen LogP contribution in [0.4, 0.5) is 0 Å². The summed E-state index contributed by atoms with van der Waals surface area (Å²) in [6.45, 7) is 6.85. The van der Waals surface area contributed by atoms with E-state index in [0.717, 1.165) is 11.3 Å². The quantitative estimate of drug-likeness (QED) is 0.865. The Morgan fingerprint density at radius 1 is 1.21 bits per heavy atom. The molecule has 102 valence electrons. The second-order valence-electron chi connectivity index (χ2n) is 4.81. The summed E-state index contributed by atoms with van der Waals surface area (Å²) < 4.78 is 11.0. The van der Waals surface area contributed by atoms with Crippen LogP contribution >= 0.6 is 0 Å². The van der Waals surface area contributed by atoms with Crippen LogP contribution in [0.5, 0.6) is 6.08 Å². The molecule has 0 amide bonds. The van der Waals surface area contributed by atoms with E-state index in [9.17, 15) is 0 Å². The van der Waals surface area contributed by atoms with Gasteiger partial charge >= 0.3 is 6.08 Å². The third kappa shape index (κ3) is 4.10. The van der Waals surface area contributed by atoms with Gasteiger partial charge in [-0.3, -0.25) is 0 Å². The Kier molecular flexibility index (Phi) is 4.58. The fraction of sp³-hybridized carbons (Fsp3) is 0.400. The van der Waals surface area contributed by atoms with E-state index in [1.54, 1.807) is 6.26 Å². The molecule has 1 heterocycles. The molecule has 0 fully saturated rings. The van der Waals surface area contributed by atoms with Crippen LogP contribution in [0.3, 0.4) is 0 Å². The molecule has 1 N–H and O–H groups in total. The number of hydrogen-bond acceptors (Lipinski definition) is 4. The second kappa shape index (κ2) is 6.38. The van der Waals surface area contributed by atoms with Crippen LogP contribution in [0.2, 0.25) is 0 Å². The molecular weight excluding hydrogens is 240 g/mol. The van der Waals surface area contributed by atoms with E-state index in [1.165, 1.54) is 0 Å². The average molecular weight is 260 g/mol. The van der Waals surface area contributed by atoms with Gasteiger partial charge in [0.25, 0.3) is 0 Å². The maximum atomic E-state index is 5.68. The lowest BCUT2D eigenvalue weighted by molar-refractivity contribution is 0.163. The van der Waals surface area contributed by atoms with Crippen molar-refractivity contribution in [2.24, 2.45) is 0 Å². The number of hydrogen-bond donors (Lipinski definition) is 1. The summed E-state index contributed by atoms with van der Waals surface area (Å²) in [5.74, 6) is 0. The normalized spacial score (nSPS) is 12.6. The van der Waals surface area contributed by atoms with E-state index in [2.05, 4.69) is 24.1 Å². The standard InChI is InChI=1S/C15H20N2O2/c1-11(2)16-9-14-10-18-15(17-14)19-12(3)13-7-5-4-6-8-13/h4-8,10-12,16H,9H2,1-3H3. The smallest absolute Gasteiger partial charge is 0.394 e. The topological polar surface area (TPSA) is 47.3 Å². The van der Waals surface area contributed by atoms with Crippen molar-refractivity contribution < 1.29 is 9.15 Å². The van der Waals surface area contributed by atoms with E-state index in [4.69, 9.17) is 9.15 Å². The first-order valence-electron chi connectivity index (χ1n) is 6.54. The molecule has 0 bridgehead atoms. The van der Waals surface area contributed by atoms with Crippen LogP contribution in [-0.2, 0) is 6.54 Å². The molecule has 2 rings (SSSR count). The van der Waals surface area contributed by atoms with Crippen molar-refractivity contribution in [1.29, 1.82) is 0 Å². The summed E-state index contributed by atoms with van der Waals surface area (Å²) in [4.78, 5) is 4.30. The Morgan fingerprint density at radius 3 is 2.63 bits per heavy atom. The molecule has 0 saturated carbocycles. The van der Waals surface area contributed by atoms with Crippen LogP contribution in [-0.4, -0.2) is 11.0 Å². The van der Waals surface area contributed by atoms with Gasteiger partial charge < -0.3 is 14.5 Å². The molecule has 0 saturated heterocycles. The minimum Gasteiger partial charge on any atom is -0.442 e. The molecule has 0 aliphatic carbocycles. The van der Waals surface area contributed by atoms with Gasteiger partial charge in [0.1, 0.15) is 12.4 Å². The van der Waals surface area contributed by atoms with Crippen LogP contribution in [0.25, 0.3) is 0 Å². The lowest BCUT2D eigenvalue weighted by atomic mass is 10.1. The SMILES string of the molecule is CC(C)NCc1coc(OC(C)c2ccccc2)n1. The average Bonchev–Trinajstić information content (AvgIpc) is 2.85. The number of oxazole rings is 1. The lowest BCUT2D eigenvalue weighted by Crippen LogP contribution is -2.21. The summed E-state index contributed by atoms with van der Waals surface area (Å²) in [5.41, 5.74) is 1.95. The number of benzene rings is 1. The van der Waals surface area contributed by atoms with Gasteiger partial charge in [0.15, 0.2) is 0 Å². The van der Waals surface area contributed by atoms with Crippen molar-refractivity contribution in [3.63, 3.8) is 0 Å². The van der Waals surface area contributed by atoms with Gasteiger partial charge in [0.2, 0.25) is 0 Å². The molecular formula is C15H20N2O2. The molecule has 19 heavy (non-hydrogen) atoms. The van der Waals surface area contributed by atoms with E-state index in [0.29, 0.717) is 18.7 Å². The molecule has 1 aromatic carbocycles. The number of rotatable bonds is 6. The summed E-state index contributed by atoms with van der Waals surface area (Å²) in [6, 6.07) is 10.4. The minimum absolute atomic E-state index is 0.0780. The number of aromatic nitrogens is 1. The highest BCUT2D eigenvalue weighted by Gasteiger charge is 2.11. The fourth-order valence-corrected chi connectivity index (χ4v) is 1.68. The third-order valence-corrected chi connectivity index (χ3v) is 2.77. The zero-order valence-corrected chi connectivity index (χ0v) is 11.6. The predicted molar refractivity (Wildman–Crippen MR) is 74.0 cm³/mol. The van der Waals surface area contributed by atoms with Crippen LogP contribution < -0.4 is 10.1 Å². The van der Waals surface area contributed by atoms with Gasteiger partial charge in [-0.1, -0.05) is 44.2 Å². The molecule has 1 aromatic heterocycles. The second-order valence-corrected chi connectivity index (χ2v) is 4.81. The van der Waals surface area contributed by atoms with Crippen molar-refractivity contribution >= 4 is 0 Å². The van der Waals surface area contributed by atoms with Gasteiger partial charge in [0, 0.05) is 12.6 Å². The van der Waals surface area contributed by atoms with E-state index in [-0.39, 0.29) is 6.10 Å². The van der Waals surface area contributed by atoms with Gasteiger partial charge in [-0.2, -0.15) is 4.98 Å². The van der Waals surface area contributed by atoms with E-state index >= 15 is 0 Å². The summed E-state index contributed by atoms with van der Waals surface area (Å²) >= 11 is 0. The molecule has 0 radical (unpaired) electrons. The van der Waals surface area contributed by atoms with Gasteiger partial charge in [-0.15, -0.1) is 0 Å². The van der Waals surface area contributed by atoms with Gasteiger partial charge in [-0.05, 0) is 12.5 Å². The van der Waals surface area contributed by atoms with Crippen molar-refractivity contribution in [3.8, 4) is 6.08 Å². The number of nitrogens with one attached hydrogen (secondary N) is 1. The first-order valence-corrected chi connectivity index (χ1v) is 6.54. The Balaban J connectivity index is 1.93. The van der Waals surface area contributed by atoms with Crippen molar-refractivity contribution in [2.75, 3.05) is 0 Å². The molecule has 2 aromatic rings. The fourth-order valence-electron chi connectivity index (χ4n) is 1.68. The van der Waals surface area contributed by atoms with Crippen LogP contribution in [0.15, 0.2) is 41.0 Å². The Morgan fingerprint density at radius 2 is 1.95 bits per heavy atom. The van der Waals surface area contributed by atoms with Crippen molar-refractivity contribution in [2.45, 2.75) is 39.5 Å². The van der Waals surface area contributed by atoms with E-state index < -0.39 is 0 Å². The Bertz CT molecular complexity index is 494. The van der Waals surface area contributed by atoms with Crippen molar-refractivity contribution in [3.05, 3.63) is 47.9 Å². The molecule has 1 atom stereocenters. The largest absolute Gasteiger partial charge is 0.442 e. The minimum atomic E-state index is -0.0780. The number of nitrogens with zero attached hydrogens (tertiary/aromatic N) is 1. The van der Waals surface area contributed by atoms with Gasteiger partial charge in [-0.25, -0.2) is 0 Å². The van der Waals surface area contributed by atoms with E-state index in [1.807, 2.05) is 37.3 Å². The summed E-state index contributed by atoms with van der Waals surface area (Å²) in [7, 11) is 0. The van der Waals surface area contributed by atoms with Gasteiger partial charge in [0.05, 0.1) is 5.69 Å². The maximum absolute atomic E-state index is 5.68. The highest BCUT2D eigenvalue weighted by molar-refractivity contribution is 5.17. The van der Waals surface area contributed by atoms with Crippen molar-refractivity contribution in [1.82, 2.24) is 10.3 Å². The molecule has 0 aliphatic heterocycles. The summed E-state index contributed by atoms with van der Waals surface area (Å²) in [5, 5.41) is 3.28. The highest BCUT2D eigenvalue weighted by Crippen LogP contribution is 2.20. The first-order chi connectivity index (χ1) is 9.15. The molecule has 1 unspecified atom stereocenters. The Labute approximate surface area is 113 Å². The lowest BCUT2D eigenvalue weighted by Gasteiger charge is -2.11. The maximum Gasteiger partial charge on any atom is 0.394 e. The molecule has 4 nitrogen and oxygen atoms in total. The molecule has 0 spiro atoms. The zero-order chi connectivity index (χ0) is 13.7. The van der Waals surface area contributed by atoms with Crippen LogP contribution in [0.1, 0.15) is 38.1 Å². The monoisotopic (exact) mass is 260 g/mol. The molecule has 4 heteroatoms. The first kappa shape index (κ1) is 13.6. The van der Waals surface area contributed by atoms with Crippen LogP contribution in [0, 0.1) is 0 Å². The zero-order valence-electron chi connectivity index (χ0n) is 11.6. The highest BCUT2D eigenvalue weighted by atomic mass is 16.6. The Hall–Kier alpha value is -1.81. The predicted octanol–water partition coefficient (Wildman–Crippen LogP) is 3.31.